The van der Waals surface area contributed by atoms with Gasteiger partial charge < -0.3 is 9.64 Å². The van der Waals surface area contributed by atoms with E-state index in [1.54, 1.807) is 24.3 Å². The highest BCUT2D eigenvalue weighted by Crippen LogP contribution is 2.31. The Kier molecular flexibility index (Phi) is 6.37. The first-order valence-corrected chi connectivity index (χ1v) is 10.8. The zero-order valence-electron chi connectivity index (χ0n) is 16.2. The monoisotopic (exact) mass is 442 g/mol. The third kappa shape index (κ3) is 4.76. The molecule has 1 saturated heterocycles. The normalized spacial score (nSPS) is 15.8. The zero-order chi connectivity index (χ0) is 21.9. The summed E-state index contributed by atoms with van der Waals surface area (Å²) >= 11 is 0. The summed E-state index contributed by atoms with van der Waals surface area (Å²) in [5, 5.41) is 0. The van der Waals surface area contributed by atoms with E-state index in [0.717, 1.165) is 22.5 Å². The summed E-state index contributed by atoms with van der Waals surface area (Å²) in [6.45, 7) is 2.65. The summed E-state index contributed by atoms with van der Waals surface area (Å²) < 4.78 is 70.7. The van der Waals surface area contributed by atoms with Crippen LogP contribution in [0.15, 0.2) is 53.4 Å². The van der Waals surface area contributed by atoms with Crippen LogP contribution in [0.2, 0.25) is 0 Å². The second kappa shape index (κ2) is 8.65. The van der Waals surface area contributed by atoms with Crippen LogP contribution >= 0.6 is 0 Å². The fourth-order valence-corrected chi connectivity index (χ4v) is 4.63. The summed E-state index contributed by atoms with van der Waals surface area (Å²) in [6, 6.07) is 10.3. The summed E-state index contributed by atoms with van der Waals surface area (Å²) in [5.74, 6) is 0.403. The molecule has 0 bridgehead atoms. The molecule has 3 rings (SSSR count). The number of benzene rings is 2. The molecule has 0 atom stereocenters. The number of halogens is 3. The molecule has 0 N–H and O–H groups in total. The summed E-state index contributed by atoms with van der Waals surface area (Å²) in [5.41, 5.74) is -0.569. The van der Waals surface area contributed by atoms with Crippen molar-refractivity contribution in [3.05, 3.63) is 59.7 Å². The van der Waals surface area contributed by atoms with E-state index in [9.17, 15) is 26.4 Å². The predicted octanol–water partition coefficient (Wildman–Crippen LogP) is 3.25. The summed E-state index contributed by atoms with van der Waals surface area (Å²) in [6.07, 6.45) is -4.63. The van der Waals surface area contributed by atoms with Crippen molar-refractivity contribution in [3.8, 4) is 5.75 Å². The maximum atomic E-state index is 12.9. The molecule has 0 unspecified atom stereocenters. The fourth-order valence-electron chi connectivity index (χ4n) is 3.16. The van der Waals surface area contributed by atoms with Crippen molar-refractivity contribution in [3.63, 3.8) is 0 Å². The predicted molar refractivity (Wildman–Crippen MR) is 104 cm³/mol. The van der Waals surface area contributed by atoms with Gasteiger partial charge in [0.15, 0.2) is 0 Å². The third-order valence-electron chi connectivity index (χ3n) is 4.74. The number of amides is 1. The molecule has 6 nitrogen and oxygen atoms in total. The standard InChI is InChI=1S/C20H21F3N2O4S/c1-2-29-17-8-6-15(7-9-17)19(26)24-10-12-25(13-11-24)30(27,28)18-5-3-4-16(14-18)20(21,22)23/h3-9,14H,2,10-13H2,1H3. The molecule has 1 amide bonds. The molecule has 1 fully saturated rings. The van der Waals surface area contributed by atoms with E-state index < -0.39 is 26.7 Å². The molecule has 0 aliphatic carbocycles. The summed E-state index contributed by atoms with van der Waals surface area (Å²) in [4.78, 5) is 13.8. The molecule has 0 spiro atoms. The number of alkyl halides is 3. The van der Waals surface area contributed by atoms with E-state index in [-0.39, 0.29) is 32.1 Å². The number of carbonyl (C=O) groups excluding carboxylic acids is 1. The van der Waals surface area contributed by atoms with Crippen LogP contribution in [0, 0.1) is 0 Å². The van der Waals surface area contributed by atoms with Crippen molar-refractivity contribution >= 4 is 15.9 Å². The van der Waals surface area contributed by atoms with Crippen LogP contribution in [0.1, 0.15) is 22.8 Å². The van der Waals surface area contributed by atoms with Gasteiger partial charge in [-0.15, -0.1) is 0 Å². The van der Waals surface area contributed by atoms with Crippen LogP contribution in [0.5, 0.6) is 5.75 Å². The Balaban J connectivity index is 1.68. The van der Waals surface area contributed by atoms with Crippen LogP contribution in [0.4, 0.5) is 13.2 Å². The minimum Gasteiger partial charge on any atom is -0.494 e. The quantitative estimate of drug-likeness (QED) is 0.713. The average Bonchev–Trinajstić information content (AvgIpc) is 2.73. The molecular weight excluding hydrogens is 421 g/mol. The largest absolute Gasteiger partial charge is 0.494 e. The van der Waals surface area contributed by atoms with Gasteiger partial charge in [-0.2, -0.15) is 17.5 Å². The first-order valence-electron chi connectivity index (χ1n) is 9.32. The zero-order valence-corrected chi connectivity index (χ0v) is 17.0. The Morgan fingerprint density at radius 1 is 1.03 bits per heavy atom. The van der Waals surface area contributed by atoms with Gasteiger partial charge in [0, 0.05) is 31.7 Å². The lowest BCUT2D eigenvalue weighted by atomic mass is 10.2. The molecule has 162 valence electrons. The van der Waals surface area contributed by atoms with Crippen molar-refractivity contribution in [2.75, 3.05) is 32.8 Å². The van der Waals surface area contributed by atoms with Gasteiger partial charge in [0.25, 0.3) is 5.91 Å². The number of ether oxygens (including phenoxy) is 1. The SMILES string of the molecule is CCOc1ccc(C(=O)N2CCN(S(=O)(=O)c3cccc(C(F)(F)F)c3)CC2)cc1. The third-order valence-corrected chi connectivity index (χ3v) is 6.63. The number of hydrogen-bond acceptors (Lipinski definition) is 4. The number of carbonyl (C=O) groups is 1. The lowest BCUT2D eigenvalue weighted by Gasteiger charge is -2.34. The maximum absolute atomic E-state index is 12.9. The van der Waals surface area contributed by atoms with E-state index in [1.807, 2.05) is 6.92 Å². The Labute approximate surface area is 172 Å². The first kappa shape index (κ1) is 22.1. The highest BCUT2D eigenvalue weighted by molar-refractivity contribution is 7.89. The Morgan fingerprint density at radius 3 is 2.23 bits per heavy atom. The minimum absolute atomic E-state index is 0.00134. The van der Waals surface area contributed by atoms with Gasteiger partial charge in [-0.25, -0.2) is 8.42 Å². The van der Waals surface area contributed by atoms with Gasteiger partial charge in [0.2, 0.25) is 10.0 Å². The highest BCUT2D eigenvalue weighted by Gasteiger charge is 2.34. The van der Waals surface area contributed by atoms with Crippen LogP contribution in [-0.2, 0) is 16.2 Å². The Bertz CT molecular complexity index is 999. The number of nitrogens with zero attached hydrogens (tertiary/aromatic N) is 2. The maximum Gasteiger partial charge on any atom is 0.416 e. The van der Waals surface area contributed by atoms with Gasteiger partial charge in [-0.05, 0) is 49.4 Å². The van der Waals surface area contributed by atoms with Gasteiger partial charge in [-0.3, -0.25) is 4.79 Å². The van der Waals surface area contributed by atoms with E-state index in [1.165, 1.54) is 4.90 Å². The summed E-state index contributed by atoms with van der Waals surface area (Å²) in [7, 11) is -4.09. The van der Waals surface area contributed by atoms with E-state index in [0.29, 0.717) is 24.0 Å². The second-order valence-corrected chi connectivity index (χ2v) is 8.62. The smallest absolute Gasteiger partial charge is 0.416 e. The van der Waals surface area contributed by atoms with E-state index in [2.05, 4.69) is 0 Å². The van der Waals surface area contributed by atoms with E-state index in [4.69, 9.17) is 4.74 Å². The highest BCUT2D eigenvalue weighted by atomic mass is 32.2. The molecule has 2 aromatic carbocycles. The second-order valence-electron chi connectivity index (χ2n) is 6.68. The first-order chi connectivity index (χ1) is 14.1. The van der Waals surface area contributed by atoms with Crippen molar-refractivity contribution in [2.45, 2.75) is 18.0 Å². The molecular formula is C20H21F3N2O4S. The molecule has 2 aromatic rings. The molecule has 30 heavy (non-hydrogen) atoms. The molecule has 0 radical (unpaired) electrons. The van der Waals surface area contributed by atoms with Gasteiger partial charge in [-0.1, -0.05) is 6.07 Å². The number of rotatable bonds is 5. The van der Waals surface area contributed by atoms with Crippen LogP contribution in [0.25, 0.3) is 0 Å². The number of piperazine rings is 1. The topological polar surface area (TPSA) is 66.9 Å². The number of hydrogen-bond donors (Lipinski definition) is 0. The molecule has 0 aromatic heterocycles. The van der Waals surface area contributed by atoms with Crippen molar-refractivity contribution < 1.29 is 31.1 Å². The van der Waals surface area contributed by atoms with Crippen molar-refractivity contribution in [2.24, 2.45) is 0 Å². The molecule has 1 aliphatic rings. The average molecular weight is 442 g/mol. The van der Waals surface area contributed by atoms with Gasteiger partial charge >= 0.3 is 6.18 Å². The van der Waals surface area contributed by atoms with Crippen LogP contribution in [0.3, 0.4) is 0 Å². The van der Waals surface area contributed by atoms with Crippen LogP contribution in [-0.4, -0.2) is 56.3 Å². The van der Waals surface area contributed by atoms with Crippen molar-refractivity contribution in [1.82, 2.24) is 9.21 Å². The molecule has 1 heterocycles. The Hall–Kier alpha value is -2.59. The Morgan fingerprint density at radius 2 is 1.67 bits per heavy atom. The van der Waals surface area contributed by atoms with E-state index >= 15 is 0 Å². The van der Waals surface area contributed by atoms with Crippen LogP contribution < -0.4 is 4.74 Å². The lowest BCUT2D eigenvalue weighted by molar-refractivity contribution is -0.137. The molecule has 0 saturated carbocycles. The minimum atomic E-state index is -4.63. The van der Waals surface area contributed by atoms with Gasteiger partial charge in [0.1, 0.15) is 5.75 Å². The molecule has 1 aliphatic heterocycles. The molecule has 10 heteroatoms. The number of sulfonamides is 1. The van der Waals surface area contributed by atoms with Gasteiger partial charge in [0.05, 0.1) is 17.1 Å². The lowest BCUT2D eigenvalue weighted by Crippen LogP contribution is -2.50. The van der Waals surface area contributed by atoms with Crippen molar-refractivity contribution in [1.29, 1.82) is 0 Å². The fraction of sp³-hybridized carbons (Fsp3) is 0.350.